The largest absolute Gasteiger partial charge is 0.497 e. The Morgan fingerprint density at radius 2 is 1.88 bits per heavy atom. The maximum Gasteiger partial charge on any atom is 0.222 e. The SMILES string of the molecule is COc1ccc(CCCC(=O)N(C)C(C)c2cc3ccccc3o2)cc1. The van der Waals surface area contributed by atoms with E-state index in [-0.39, 0.29) is 11.9 Å². The van der Waals surface area contributed by atoms with Crippen molar-refractivity contribution in [1.82, 2.24) is 4.90 Å². The number of aryl methyl sites for hydroxylation is 1. The summed E-state index contributed by atoms with van der Waals surface area (Å²) in [5, 5.41) is 1.06. The standard InChI is InChI=1S/C22H25NO3/c1-16(21-15-18-8-4-5-9-20(18)26-21)23(2)22(24)10-6-7-17-11-13-19(25-3)14-12-17/h4-5,8-9,11-16H,6-7,10H2,1-3H3. The van der Waals surface area contributed by atoms with Crippen molar-refractivity contribution in [2.24, 2.45) is 0 Å². The fraction of sp³-hybridized carbons (Fsp3) is 0.318. The minimum atomic E-state index is -0.0871. The van der Waals surface area contributed by atoms with E-state index in [2.05, 4.69) is 0 Å². The zero-order chi connectivity index (χ0) is 18.5. The molecule has 0 saturated carbocycles. The van der Waals surface area contributed by atoms with E-state index in [9.17, 15) is 4.79 Å². The van der Waals surface area contributed by atoms with Gasteiger partial charge in [0.25, 0.3) is 0 Å². The number of furan rings is 1. The minimum absolute atomic E-state index is 0.0871. The van der Waals surface area contributed by atoms with Crippen LogP contribution in [0.25, 0.3) is 11.0 Å². The van der Waals surface area contributed by atoms with Crippen molar-refractivity contribution in [3.63, 3.8) is 0 Å². The predicted molar refractivity (Wildman–Crippen MR) is 103 cm³/mol. The Bertz CT molecular complexity index is 833. The van der Waals surface area contributed by atoms with Gasteiger partial charge in [-0.25, -0.2) is 0 Å². The molecule has 0 fully saturated rings. The van der Waals surface area contributed by atoms with Crippen LogP contribution in [0.1, 0.15) is 37.1 Å². The summed E-state index contributed by atoms with van der Waals surface area (Å²) in [5.41, 5.74) is 2.07. The summed E-state index contributed by atoms with van der Waals surface area (Å²) in [7, 11) is 3.50. The van der Waals surface area contributed by atoms with Gasteiger partial charge in [0.1, 0.15) is 17.1 Å². The number of benzene rings is 2. The predicted octanol–water partition coefficient (Wildman–Crippen LogP) is 4.98. The maximum atomic E-state index is 12.5. The molecule has 3 aromatic rings. The van der Waals surface area contributed by atoms with Crippen LogP contribution >= 0.6 is 0 Å². The highest BCUT2D eigenvalue weighted by Gasteiger charge is 2.20. The highest BCUT2D eigenvalue weighted by molar-refractivity contribution is 5.79. The smallest absolute Gasteiger partial charge is 0.222 e. The molecule has 0 aliphatic rings. The normalized spacial score (nSPS) is 12.1. The third kappa shape index (κ3) is 4.07. The molecule has 4 nitrogen and oxygen atoms in total. The molecule has 1 atom stereocenters. The van der Waals surface area contributed by atoms with E-state index in [0.29, 0.717) is 6.42 Å². The number of methoxy groups -OCH3 is 1. The second-order valence-corrected chi connectivity index (χ2v) is 6.57. The van der Waals surface area contributed by atoms with Crippen LogP contribution in [0.4, 0.5) is 0 Å². The first-order valence-electron chi connectivity index (χ1n) is 8.95. The molecule has 0 aliphatic carbocycles. The third-order valence-electron chi connectivity index (χ3n) is 4.85. The van der Waals surface area contributed by atoms with Crippen molar-refractivity contribution in [1.29, 1.82) is 0 Å². The molecule has 4 heteroatoms. The number of amides is 1. The van der Waals surface area contributed by atoms with E-state index in [1.54, 1.807) is 12.0 Å². The molecule has 1 amide bonds. The molecule has 26 heavy (non-hydrogen) atoms. The van der Waals surface area contributed by atoms with Crippen LogP contribution in [0.15, 0.2) is 59.0 Å². The Morgan fingerprint density at radius 3 is 2.58 bits per heavy atom. The van der Waals surface area contributed by atoms with Gasteiger partial charge in [-0.3, -0.25) is 4.79 Å². The average molecular weight is 351 g/mol. The van der Waals surface area contributed by atoms with Crippen molar-refractivity contribution < 1.29 is 13.9 Å². The van der Waals surface area contributed by atoms with Gasteiger partial charge in [0, 0.05) is 18.9 Å². The van der Waals surface area contributed by atoms with Gasteiger partial charge in [0.2, 0.25) is 5.91 Å². The molecule has 3 rings (SSSR count). The molecule has 2 aromatic carbocycles. The summed E-state index contributed by atoms with van der Waals surface area (Å²) in [4.78, 5) is 14.3. The van der Waals surface area contributed by atoms with E-state index in [1.807, 2.05) is 68.6 Å². The lowest BCUT2D eigenvalue weighted by atomic mass is 10.1. The van der Waals surface area contributed by atoms with Crippen molar-refractivity contribution >= 4 is 16.9 Å². The zero-order valence-electron chi connectivity index (χ0n) is 15.6. The first-order chi connectivity index (χ1) is 12.6. The van der Waals surface area contributed by atoms with Gasteiger partial charge in [-0.15, -0.1) is 0 Å². The van der Waals surface area contributed by atoms with Crippen molar-refractivity contribution in [3.05, 3.63) is 65.9 Å². The van der Waals surface area contributed by atoms with Crippen LogP contribution in [-0.2, 0) is 11.2 Å². The van der Waals surface area contributed by atoms with Crippen LogP contribution in [0.2, 0.25) is 0 Å². The number of hydrogen-bond donors (Lipinski definition) is 0. The van der Waals surface area contributed by atoms with Gasteiger partial charge in [-0.2, -0.15) is 0 Å². The molecule has 0 aliphatic heterocycles. The highest BCUT2D eigenvalue weighted by Crippen LogP contribution is 2.27. The van der Waals surface area contributed by atoms with Crippen molar-refractivity contribution in [3.8, 4) is 5.75 Å². The molecule has 0 bridgehead atoms. The number of carbonyl (C=O) groups excluding carboxylic acids is 1. The van der Waals surface area contributed by atoms with Crippen LogP contribution in [0.3, 0.4) is 0 Å². The quantitative estimate of drug-likeness (QED) is 0.603. The monoisotopic (exact) mass is 351 g/mol. The molecule has 0 saturated heterocycles. The second kappa shape index (κ2) is 8.09. The lowest BCUT2D eigenvalue weighted by molar-refractivity contribution is -0.132. The fourth-order valence-electron chi connectivity index (χ4n) is 3.03. The third-order valence-corrected chi connectivity index (χ3v) is 4.85. The van der Waals surface area contributed by atoms with E-state index in [1.165, 1.54) is 5.56 Å². The molecule has 1 unspecified atom stereocenters. The van der Waals surface area contributed by atoms with E-state index in [4.69, 9.17) is 9.15 Å². The molecule has 0 radical (unpaired) electrons. The Kier molecular flexibility index (Phi) is 5.61. The number of fused-ring (bicyclic) bond motifs is 1. The minimum Gasteiger partial charge on any atom is -0.497 e. The lowest BCUT2D eigenvalue weighted by Crippen LogP contribution is -2.29. The topological polar surface area (TPSA) is 42.7 Å². The van der Waals surface area contributed by atoms with Crippen LogP contribution < -0.4 is 4.74 Å². The Balaban J connectivity index is 1.54. The van der Waals surface area contributed by atoms with Gasteiger partial charge < -0.3 is 14.1 Å². The summed E-state index contributed by atoms with van der Waals surface area (Å²) in [6.45, 7) is 2.00. The molecule has 0 spiro atoms. The van der Waals surface area contributed by atoms with Gasteiger partial charge in [0.15, 0.2) is 0 Å². The first kappa shape index (κ1) is 18.1. The van der Waals surface area contributed by atoms with E-state index >= 15 is 0 Å². The maximum absolute atomic E-state index is 12.5. The Morgan fingerprint density at radius 1 is 1.15 bits per heavy atom. The second-order valence-electron chi connectivity index (χ2n) is 6.57. The molecule has 136 valence electrons. The van der Waals surface area contributed by atoms with Crippen LogP contribution in [-0.4, -0.2) is 25.0 Å². The Labute approximate surface area is 154 Å². The van der Waals surface area contributed by atoms with E-state index in [0.717, 1.165) is 35.3 Å². The summed E-state index contributed by atoms with van der Waals surface area (Å²) in [6.07, 6.45) is 2.22. The summed E-state index contributed by atoms with van der Waals surface area (Å²) < 4.78 is 11.1. The number of hydrogen-bond acceptors (Lipinski definition) is 3. The highest BCUT2D eigenvalue weighted by atomic mass is 16.5. The lowest BCUT2D eigenvalue weighted by Gasteiger charge is -2.23. The molecule has 1 aromatic heterocycles. The van der Waals surface area contributed by atoms with Gasteiger partial charge in [0.05, 0.1) is 13.2 Å². The number of nitrogens with zero attached hydrogens (tertiary/aromatic N) is 1. The van der Waals surface area contributed by atoms with Gasteiger partial charge in [-0.1, -0.05) is 30.3 Å². The fourth-order valence-corrected chi connectivity index (χ4v) is 3.03. The number of para-hydroxylation sites is 1. The molecular weight excluding hydrogens is 326 g/mol. The van der Waals surface area contributed by atoms with Crippen LogP contribution in [0.5, 0.6) is 5.75 Å². The number of ether oxygens (including phenoxy) is 1. The zero-order valence-corrected chi connectivity index (χ0v) is 15.6. The summed E-state index contributed by atoms with van der Waals surface area (Å²) in [6, 6.07) is 17.8. The molecule has 0 N–H and O–H groups in total. The molecule has 1 heterocycles. The van der Waals surface area contributed by atoms with Crippen LogP contribution in [0, 0.1) is 0 Å². The van der Waals surface area contributed by atoms with Gasteiger partial charge >= 0.3 is 0 Å². The summed E-state index contributed by atoms with van der Waals surface area (Å²) in [5.74, 6) is 1.80. The van der Waals surface area contributed by atoms with Crippen molar-refractivity contribution in [2.45, 2.75) is 32.2 Å². The van der Waals surface area contributed by atoms with E-state index < -0.39 is 0 Å². The Hall–Kier alpha value is -2.75. The summed E-state index contributed by atoms with van der Waals surface area (Å²) >= 11 is 0. The molecular formula is C22H25NO3. The van der Waals surface area contributed by atoms with Crippen molar-refractivity contribution in [2.75, 3.05) is 14.2 Å². The first-order valence-corrected chi connectivity index (χ1v) is 8.95. The van der Waals surface area contributed by atoms with Gasteiger partial charge in [-0.05, 0) is 49.6 Å². The average Bonchev–Trinajstić information content (AvgIpc) is 3.11. The number of carbonyl (C=O) groups is 1. The number of rotatable bonds is 7.